The van der Waals surface area contributed by atoms with E-state index in [0.717, 1.165) is 4.90 Å². The second-order valence-corrected chi connectivity index (χ2v) is 6.22. The van der Waals surface area contributed by atoms with Crippen LogP contribution in [0.5, 0.6) is 5.75 Å². The molecule has 0 saturated carbocycles. The average molecular weight is 386 g/mol. The summed E-state index contributed by atoms with van der Waals surface area (Å²) in [5, 5.41) is 14.5. The molecule has 0 bridgehead atoms. The number of hydrogen-bond donors (Lipinski definition) is 2. The molecule has 142 valence electrons. The first-order chi connectivity index (χ1) is 13.3. The number of para-hydroxylation sites is 2. The lowest BCUT2D eigenvalue weighted by atomic mass is 9.80. The number of benzene rings is 2. The van der Waals surface area contributed by atoms with Crippen LogP contribution < -0.4 is 20.3 Å². The summed E-state index contributed by atoms with van der Waals surface area (Å²) >= 11 is 0. The molecule has 2 aliphatic rings. The molecule has 0 unspecified atom stereocenters. The molecule has 2 heterocycles. The van der Waals surface area contributed by atoms with E-state index in [1.807, 2.05) is 5.32 Å². The summed E-state index contributed by atoms with van der Waals surface area (Å²) in [5.74, 6) is 0.142. The number of amides is 2. The molecule has 0 aromatic heterocycles. The smallest absolute Gasteiger partial charge is 0.421 e. The Morgan fingerprint density at radius 3 is 2.43 bits per heavy atom. The molecule has 2 amide bonds. The first-order valence-electron chi connectivity index (χ1n) is 8.18. The van der Waals surface area contributed by atoms with Crippen LogP contribution in [0.3, 0.4) is 0 Å². The van der Waals surface area contributed by atoms with Gasteiger partial charge < -0.3 is 15.4 Å². The van der Waals surface area contributed by atoms with E-state index in [4.69, 9.17) is 4.74 Å². The van der Waals surface area contributed by atoms with Gasteiger partial charge in [-0.1, -0.05) is 24.3 Å². The molecule has 2 N–H and O–H groups in total. The zero-order valence-electron chi connectivity index (χ0n) is 14.5. The van der Waals surface area contributed by atoms with Gasteiger partial charge in [0, 0.05) is 0 Å². The maximum absolute atomic E-state index is 14.4. The van der Waals surface area contributed by atoms with Gasteiger partial charge in [0.25, 0.3) is 0 Å². The monoisotopic (exact) mass is 386 g/mol. The fraction of sp³-hybridized carbons (Fsp3) is 0.158. The first-order valence-corrected chi connectivity index (χ1v) is 8.18. The number of fused-ring (bicyclic) bond motifs is 3. The highest BCUT2D eigenvalue weighted by atomic mass is 19.4. The van der Waals surface area contributed by atoms with E-state index < -0.39 is 23.3 Å². The fourth-order valence-electron chi connectivity index (χ4n) is 3.49. The predicted molar refractivity (Wildman–Crippen MR) is 94.4 cm³/mol. The van der Waals surface area contributed by atoms with E-state index in [2.05, 4.69) is 5.32 Å². The van der Waals surface area contributed by atoms with Crippen molar-refractivity contribution in [2.24, 2.45) is 0 Å². The number of urea groups is 1. The number of carbonyl (C=O) groups excluding carboxylic acids is 1. The normalized spacial score (nSPS) is 20.7. The number of methoxy groups -OCH3 is 1. The average Bonchev–Trinajstić information content (AvgIpc) is 3.06. The van der Waals surface area contributed by atoms with E-state index in [1.165, 1.54) is 31.4 Å². The number of halogens is 3. The molecular formula is C19H13F3N4O2. The molecule has 0 fully saturated rings. The Balaban J connectivity index is 1.99. The minimum Gasteiger partial charge on any atom is -0.497 e. The Hall–Kier alpha value is -3.67. The van der Waals surface area contributed by atoms with Crippen LogP contribution in [0.15, 0.2) is 59.9 Å². The second-order valence-electron chi connectivity index (χ2n) is 6.22. The van der Waals surface area contributed by atoms with Crippen molar-refractivity contribution in [3.8, 4) is 11.8 Å². The zero-order valence-corrected chi connectivity index (χ0v) is 14.5. The number of anilines is 2. The Morgan fingerprint density at radius 1 is 1.14 bits per heavy atom. The lowest BCUT2D eigenvalue weighted by molar-refractivity contribution is -0.184. The molecule has 2 aromatic carbocycles. The summed E-state index contributed by atoms with van der Waals surface area (Å²) < 4.78 is 48.1. The van der Waals surface area contributed by atoms with Crippen LogP contribution in [-0.2, 0) is 5.54 Å². The minimum absolute atomic E-state index is 0.208. The number of nitrogens with one attached hydrogen (secondary N) is 2. The standard InChI is InChI=1S/C19H13F3N4O2/c1-28-12-8-6-11(7-9-12)18(19(20,21)22)13(10-23)16-24-14-4-2-3-5-15(14)26(16)17(27)25-18/h2-9,24H,1H3,(H,25,27)/t18-/m1/s1. The van der Waals surface area contributed by atoms with Crippen molar-refractivity contribution in [2.45, 2.75) is 11.7 Å². The SMILES string of the molecule is COc1ccc([C@@]2(C(F)(F)F)NC(=O)N3C(=C2C#N)Nc2ccccc23)cc1. The number of ether oxygens (including phenoxy) is 1. The van der Waals surface area contributed by atoms with Gasteiger partial charge in [-0.25, -0.2) is 9.69 Å². The van der Waals surface area contributed by atoms with Crippen molar-refractivity contribution in [1.29, 1.82) is 5.26 Å². The third-order valence-electron chi connectivity index (χ3n) is 4.79. The van der Waals surface area contributed by atoms with Gasteiger partial charge in [-0.15, -0.1) is 0 Å². The van der Waals surface area contributed by atoms with Crippen LogP contribution in [0, 0.1) is 11.3 Å². The number of hydrogen-bond acceptors (Lipinski definition) is 4. The Morgan fingerprint density at radius 2 is 1.82 bits per heavy atom. The lowest BCUT2D eigenvalue weighted by Crippen LogP contribution is -2.63. The van der Waals surface area contributed by atoms with Crippen molar-refractivity contribution in [3.05, 3.63) is 65.5 Å². The molecule has 0 saturated heterocycles. The number of nitriles is 1. The quantitative estimate of drug-likeness (QED) is 0.822. The molecule has 1 atom stereocenters. The maximum atomic E-state index is 14.4. The third-order valence-corrected chi connectivity index (χ3v) is 4.79. The third kappa shape index (κ3) is 2.24. The topological polar surface area (TPSA) is 77.4 Å². The summed E-state index contributed by atoms with van der Waals surface area (Å²) in [7, 11) is 1.39. The summed E-state index contributed by atoms with van der Waals surface area (Å²) in [5.41, 5.74) is -3.13. The van der Waals surface area contributed by atoms with Crippen molar-refractivity contribution in [3.63, 3.8) is 0 Å². The minimum atomic E-state index is -4.97. The number of alkyl halides is 3. The fourth-order valence-corrected chi connectivity index (χ4v) is 3.49. The van der Waals surface area contributed by atoms with Gasteiger partial charge in [0.2, 0.25) is 5.54 Å². The summed E-state index contributed by atoms with van der Waals surface area (Å²) in [6, 6.07) is 12.3. The van der Waals surface area contributed by atoms with Gasteiger partial charge in [0.1, 0.15) is 23.2 Å². The van der Waals surface area contributed by atoms with Gasteiger partial charge >= 0.3 is 12.2 Å². The van der Waals surface area contributed by atoms with Crippen LogP contribution >= 0.6 is 0 Å². The van der Waals surface area contributed by atoms with E-state index in [9.17, 15) is 23.2 Å². The lowest BCUT2D eigenvalue weighted by Gasteiger charge is -2.42. The summed E-state index contributed by atoms with van der Waals surface area (Å²) in [6.07, 6.45) is -4.97. The highest BCUT2D eigenvalue weighted by Gasteiger charge is 2.64. The zero-order chi connectivity index (χ0) is 20.1. The first kappa shape index (κ1) is 17.7. The van der Waals surface area contributed by atoms with Gasteiger partial charge in [0.15, 0.2) is 0 Å². The highest BCUT2D eigenvalue weighted by Crippen LogP contribution is 2.51. The van der Waals surface area contributed by atoms with Crippen LogP contribution in [-0.4, -0.2) is 19.3 Å². The van der Waals surface area contributed by atoms with E-state index in [-0.39, 0.29) is 11.4 Å². The van der Waals surface area contributed by atoms with Crippen molar-refractivity contribution >= 4 is 17.4 Å². The van der Waals surface area contributed by atoms with Crippen molar-refractivity contribution in [2.75, 3.05) is 17.3 Å². The molecule has 28 heavy (non-hydrogen) atoms. The van der Waals surface area contributed by atoms with Crippen molar-refractivity contribution in [1.82, 2.24) is 5.32 Å². The largest absolute Gasteiger partial charge is 0.497 e. The summed E-state index contributed by atoms with van der Waals surface area (Å²) in [4.78, 5) is 13.8. The molecular weight excluding hydrogens is 373 g/mol. The molecule has 2 aromatic rings. The molecule has 0 aliphatic carbocycles. The van der Waals surface area contributed by atoms with Crippen LogP contribution in [0.4, 0.5) is 29.3 Å². The molecule has 6 nitrogen and oxygen atoms in total. The molecule has 4 rings (SSSR count). The van der Waals surface area contributed by atoms with Crippen molar-refractivity contribution < 1.29 is 22.7 Å². The van der Waals surface area contributed by atoms with E-state index in [1.54, 1.807) is 30.3 Å². The number of rotatable bonds is 2. The van der Waals surface area contributed by atoms with Crippen LogP contribution in [0.2, 0.25) is 0 Å². The maximum Gasteiger partial charge on any atom is 0.421 e. The molecule has 0 spiro atoms. The van der Waals surface area contributed by atoms with Gasteiger partial charge in [-0.3, -0.25) is 0 Å². The predicted octanol–water partition coefficient (Wildman–Crippen LogP) is 3.84. The summed E-state index contributed by atoms with van der Waals surface area (Å²) in [6.45, 7) is 0. The Kier molecular flexibility index (Phi) is 3.75. The van der Waals surface area contributed by atoms with E-state index in [0.29, 0.717) is 17.1 Å². The number of carbonyl (C=O) groups is 1. The molecule has 9 heteroatoms. The second kappa shape index (κ2) is 5.92. The van der Waals surface area contributed by atoms with Crippen LogP contribution in [0.25, 0.3) is 0 Å². The van der Waals surface area contributed by atoms with Gasteiger partial charge in [-0.05, 0) is 29.8 Å². The Labute approximate surface area is 157 Å². The van der Waals surface area contributed by atoms with Gasteiger partial charge in [-0.2, -0.15) is 18.4 Å². The molecule has 2 aliphatic heterocycles. The van der Waals surface area contributed by atoms with Gasteiger partial charge in [0.05, 0.1) is 18.5 Å². The Bertz CT molecular complexity index is 1040. The molecule has 0 radical (unpaired) electrons. The van der Waals surface area contributed by atoms with E-state index >= 15 is 0 Å². The highest BCUT2D eigenvalue weighted by molar-refractivity contribution is 6.05. The number of nitrogens with zero attached hydrogens (tertiary/aromatic N) is 2. The van der Waals surface area contributed by atoms with Crippen LogP contribution in [0.1, 0.15) is 5.56 Å².